The number of aromatic nitrogens is 5. The number of amides is 1. The minimum Gasteiger partial charge on any atom is -0.461 e. The van der Waals surface area contributed by atoms with Crippen molar-refractivity contribution in [1.82, 2.24) is 35.4 Å². The van der Waals surface area contributed by atoms with Gasteiger partial charge in [0, 0.05) is 48.2 Å². The standard InChI is InChI=1S/C32H35ClF2N8O3/c1-31-6-3-8-42(16-31)28-21-13-36-27(24-19(5-2-10-45-30(44)40-31)22(33)11-23-20(24)14-37-41-23)25(35)26(21)38-29(39-28)46-17-32-7-4-9-43(32)15-18(34)12-32/h11,13-14,18H,2-10,12,15-17H2,1H3,(H,37,41)(H,40,44)/t18-,31-,32+/m1/s1. The molecule has 11 nitrogen and oxygen atoms in total. The molecule has 8 heterocycles. The molecule has 14 heteroatoms. The minimum atomic E-state index is -0.910. The number of carbonyl (C=O) groups excluding carboxylic acids is 1. The molecule has 0 saturated carbocycles. The molecule has 5 aliphatic rings. The van der Waals surface area contributed by atoms with E-state index >= 15 is 4.39 Å². The number of ether oxygens (including phenoxy) is 2. The number of alkyl carbamates (subject to hydrolysis) is 1. The van der Waals surface area contributed by atoms with Crippen LogP contribution in [-0.4, -0.2) is 92.8 Å². The maximum Gasteiger partial charge on any atom is 0.407 e. The molecule has 4 aromatic rings. The molecule has 9 rings (SSSR count). The van der Waals surface area contributed by atoms with Crippen molar-refractivity contribution in [2.24, 2.45) is 0 Å². The van der Waals surface area contributed by atoms with Gasteiger partial charge in [0.05, 0.1) is 34.8 Å². The van der Waals surface area contributed by atoms with Gasteiger partial charge in [0.25, 0.3) is 0 Å². The number of nitrogens with zero attached hydrogens (tertiary/aromatic N) is 6. The van der Waals surface area contributed by atoms with Gasteiger partial charge in [-0.05, 0) is 63.6 Å². The molecule has 0 aliphatic carbocycles. The Bertz CT molecular complexity index is 1860. The predicted molar refractivity (Wildman–Crippen MR) is 169 cm³/mol. The zero-order valence-electron chi connectivity index (χ0n) is 25.5. The second kappa shape index (κ2) is 11.2. The van der Waals surface area contributed by atoms with Crippen molar-refractivity contribution in [1.29, 1.82) is 0 Å². The molecule has 3 fully saturated rings. The number of fused-ring (bicyclic) bond motifs is 8. The number of halogens is 3. The van der Waals surface area contributed by atoms with Gasteiger partial charge < -0.3 is 19.7 Å². The third kappa shape index (κ3) is 4.98. The Morgan fingerprint density at radius 2 is 2.04 bits per heavy atom. The number of rotatable bonds is 3. The highest BCUT2D eigenvalue weighted by atomic mass is 35.5. The molecule has 3 atom stereocenters. The van der Waals surface area contributed by atoms with Crippen molar-refractivity contribution in [2.75, 3.05) is 44.3 Å². The first kappa shape index (κ1) is 29.6. The van der Waals surface area contributed by atoms with Crippen LogP contribution in [0.3, 0.4) is 0 Å². The van der Waals surface area contributed by atoms with Crippen LogP contribution >= 0.6 is 11.6 Å². The number of benzene rings is 1. The molecule has 5 aliphatic heterocycles. The lowest BCUT2D eigenvalue weighted by Crippen LogP contribution is -2.57. The molecule has 2 N–H and O–H groups in total. The number of H-pyrrole nitrogens is 1. The van der Waals surface area contributed by atoms with Crippen molar-refractivity contribution in [2.45, 2.75) is 69.1 Å². The second-order valence-electron chi connectivity index (χ2n) is 13.4. The third-order valence-electron chi connectivity index (χ3n) is 10.1. The smallest absolute Gasteiger partial charge is 0.407 e. The van der Waals surface area contributed by atoms with Crippen molar-refractivity contribution >= 4 is 45.3 Å². The van der Waals surface area contributed by atoms with Gasteiger partial charge in [-0.3, -0.25) is 15.0 Å². The van der Waals surface area contributed by atoms with E-state index in [0.717, 1.165) is 32.2 Å². The Balaban J connectivity index is 1.30. The van der Waals surface area contributed by atoms with Gasteiger partial charge in [0.15, 0.2) is 5.82 Å². The molecule has 1 amide bonds. The number of nitrogens with one attached hydrogen (secondary N) is 2. The van der Waals surface area contributed by atoms with Crippen molar-refractivity contribution in [3.05, 3.63) is 34.9 Å². The predicted octanol–water partition coefficient (Wildman–Crippen LogP) is 5.35. The molecule has 242 valence electrons. The van der Waals surface area contributed by atoms with Gasteiger partial charge in [-0.2, -0.15) is 15.1 Å². The Labute approximate surface area is 269 Å². The Morgan fingerprint density at radius 1 is 1.17 bits per heavy atom. The van der Waals surface area contributed by atoms with Crippen LogP contribution < -0.4 is 15.0 Å². The summed E-state index contributed by atoms with van der Waals surface area (Å²) in [5, 5.41) is 11.7. The summed E-state index contributed by atoms with van der Waals surface area (Å²) in [7, 11) is 0. The summed E-state index contributed by atoms with van der Waals surface area (Å²) >= 11 is 6.78. The number of alkyl halides is 1. The Hall–Kier alpha value is -3.84. The summed E-state index contributed by atoms with van der Waals surface area (Å²) < 4.78 is 43.4. The highest BCUT2D eigenvalue weighted by Crippen LogP contribution is 2.42. The van der Waals surface area contributed by atoms with Crippen LogP contribution in [0, 0.1) is 5.82 Å². The van der Waals surface area contributed by atoms with Crippen LogP contribution in [0.15, 0.2) is 18.5 Å². The topological polar surface area (TPSA) is 121 Å². The zero-order chi connectivity index (χ0) is 31.6. The number of piperidine rings is 1. The number of hydrogen-bond donors (Lipinski definition) is 2. The van der Waals surface area contributed by atoms with E-state index in [-0.39, 0.29) is 30.4 Å². The average molecular weight is 653 g/mol. The lowest BCUT2D eigenvalue weighted by molar-refractivity contribution is 0.107. The summed E-state index contributed by atoms with van der Waals surface area (Å²) in [5.41, 5.74) is 0.900. The van der Waals surface area contributed by atoms with E-state index in [1.54, 1.807) is 18.5 Å². The van der Waals surface area contributed by atoms with E-state index in [1.807, 2.05) is 11.8 Å². The van der Waals surface area contributed by atoms with Crippen LogP contribution in [-0.2, 0) is 11.2 Å². The second-order valence-corrected chi connectivity index (χ2v) is 13.8. The van der Waals surface area contributed by atoms with E-state index in [1.165, 1.54) is 0 Å². The van der Waals surface area contributed by atoms with Crippen LogP contribution in [0.25, 0.3) is 33.1 Å². The van der Waals surface area contributed by atoms with Crippen molar-refractivity contribution in [3.8, 4) is 17.3 Å². The van der Waals surface area contributed by atoms with Gasteiger partial charge in [0.2, 0.25) is 0 Å². The highest BCUT2D eigenvalue weighted by molar-refractivity contribution is 6.33. The first-order valence-electron chi connectivity index (χ1n) is 15.9. The molecule has 3 saturated heterocycles. The Kier molecular flexibility index (Phi) is 7.16. The molecule has 0 radical (unpaired) electrons. The summed E-state index contributed by atoms with van der Waals surface area (Å²) in [4.78, 5) is 31.2. The number of anilines is 1. The van der Waals surface area contributed by atoms with E-state index < -0.39 is 29.2 Å². The number of aromatic amines is 1. The highest BCUT2D eigenvalue weighted by Gasteiger charge is 2.49. The third-order valence-corrected chi connectivity index (χ3v) is 10.5. The van der Waals surface area contributed by atoms with E-state index in [0.29, 0.717) is 77.2 Å². The van der Waals surface area contributed by atoms with Gasteiger partial charge in [-0.1, -0.05) is 11.6 Å². The SMILES string of the molecule is C[C@@]12CCCN(C1)c1nc(OC[C@@]34CCCN3C[C@H](F)C4)nc3c(F)c(ncc13)-c1c(c(Cl)cc3[nH]ncc13)CCCOC(=O)N2. The Morgan fingerprint density at radius 3 is 2.93 bits per heavy atom. The van der Waals surface area contributed by atoms with E-state index in [2.05, 4.69) is 30.4 Å². The summed E-state index contributed by atoms with van der Waals surface area (Å²) in [6, 6.07) is 1.77. The molecule has 46 heavy (non-hydrogen) atoms. The van der Waals surface area contributed by atoms with Gasteiger partial charge in [-0.15, -0.1) is 0 Å². The fourth-order valence-electron chi connectivity index (χ4n) is 7.98. The minimum absolute atomic E-state index is 0.0163. The summed E-state index contributed by atoms with van der Waals surface area (Å²) in [6.07, 6.45) is 6.35. The average Bonchev–Trinajstić information content (AvgIpc) is 3.72. The molecule has 1 aromatic carbocycles. The largest absolute Gasteiger partial charge is 0.461 e. The lowest BCUT2D eigenvalue weighted by atomic mass is 9.91. The summed E-state index contributed by atoms with van der Waals surface area (Å²) in [5.74, 6) is -0.166. The number of pyridine rings is 1. The monoisotopic (exact) mass is 652 g/mol. The van der Waals surface area contributed by atoms with Gasteiger partial charge in [0.1, 0.15) is 29.8 Å². The van der Waals surface area contributed by atoms with E-state index in [4.69, 9.17) is 26.1 Å². The quantitative estimate of drug-likeness (QED) is 0.302. The fraction of sp³-hybridized carbons (Fsp3) is 0.531. The summed E-state index contributed by atoms with van der Waals surface area (Å²) in [6.45, 7) is 4.58. The fourth-order valence-corrected chi connectivity index (χ4v) is 8.28. The van der Waals surface area contributed by atoms with Crippen LogP contribution in [0.1, 0.15) is 51.0 Å². The van der Waals surface area contributed by atoms with Crippen LogP contribution in [0.2, 0.25) is 5.02 Å². The molecule has 6 bridgehead atoms. The van der Waals surface area contributed by atoms with E-state index in [9.17, 15) is 9.18 Å². The van der Waals surface area contributed by atoms with Gasteiger partial charge in [-0.25, -0.2) is 13.6 Å². The maximum absolute atomic E-state index is 17.0. The number of hydrogen-bond acceptors (Lipinski definition) is 9. The van der Waals surface area contributed by atoms with Crippen LogP contribution in [0.5, 0.6) is 6.01 Å². The maximum atomic E-state index is 17.0. The zero-order valence-corrected chi connectivity index (χ0v) is 26.3. The molecular weight excluding hydrogens is 618 g/mol. The van der Waals surface area contributed by atoms with Crippen LogP contribution in [0.4, 0.5) is 19.4 Å². The van der Waals surface area contributed by atoms with Crippen molar-refractivity contribution < 1.29 is 23.0 Å². The first-order chi connectivity index (χ1) is 22.2. The van der Waals surface area contributed by atoms with Crippen molar-refractivity contribution in [3.63, 3.8) is 0 Å². The molecule has 0 unspecified atom stereocenters. The first-order valence-corrected chi connectivity index (χ1v) is 16.3. The molecule has 3 aromatic heterocycles. The molecule has 0 spiro atoms. The van der Waals surface area contributed by atoms with Gasteiger partial charge >= 0.3 is 12.1 Å². The molecular formula is C32H35ClF2N8O3. The number of carbonyl (C=O) groups is 1. The lowest BCUT2D eigenvalue weighted by Gasteiger charge is -2.41. The normalized spacial score (nSPS) is 26.8.